The molecule has 0 aliphatic rings. The van der Waals surface area contributed by atoms with Crippen molar-refractivity contribution in [1.29, 1.82) is 0 Å². The monoisotopic (exact) mass is 327 g/mol. The van der Waals surface area contributed by atoms with E-state index in [0.29, 0.717) is 5.56 Å². The fourth-order valence-electron chi connectivity index (χ4n) is 2.30. The van der Waals surface area contributed by atoms with Crippen molar-refractivity contribution in [3.05, 3.63) is 59.7 Å². The average molecular weight is 327 g/mol. The summed E-state index contributed by atoms with van der Waals surface area (Å²) in [4.78, 5) is 31.0. The third-order valence-corrected chi connectivity index (χ3v) is 3.69. The highest BCUT2D eigenvalue weighted by Gasteiger charge is 2.20. The first kappa shape index (κ1) is 17.6. The van der Waals surface area contributed by atoms with Gasteiger partial charge in [0.25, 0.3) is 5.91 Å². The molecule has 6 heteroatoms. The van der Waals surface area contributed by atoms with Crippen molar-refractivity contribution < 1.29 is 14.7 Å². The number of aliphatic carboxylic acids is 1. The third-order valence-electron chi connectivity index (χ3n) is 3.69. The molecule has 0 fully saturated rings. The van der Waals surface area contributed by atoms with Crippen molar-refractivity contribution >= 4 is 11.9 Å². The van der Waals surface area contributed by atoms with Gasteiger partial charge in [0.2, 0.25) is 0 Å². The molecule has 0 radical (unpaired) electrons. The molecular formula is C18H21N3O3. The van der Waals surface area contributed by atoms with Crippen molar-refractivity contribution in [3.8, 4) is 0 Å². The number of nitrogens with one attached hydrogen (secondary N) is 1. The van der Waals surface area contributed by atoms with E-state index in [1.165, 1.54) is 18.7 Å². The molecule has 1 amide bonds. The molecule has 2 aromatic rings. The number of aromatic nitrogens is 2. The molecule has 0 saturated carbocycles. The number of benzene rings is 1. The number of amides is 1. The number of carbonyl (C=O) groups excluding carboxylic acids is 1. The van der Waals surface area contributed by atoms with Gasteiger partial charge in [-0.25, -0.2) is 9.97 Å². The molecule has 1 heterocycles. The smallest absolute Gasteiger partial charge is 0.305 e. The van der Waals surface area contributed by atoms with E-state index in [2.05, 4.69) is 36.1 Å². The number of hydrogen-bond donors (Lipinski definition) is 2. The second-order valence-electron chi connectivity index (χ2n) is 6.62. The fraction of sp³-hybridized carbons (Fsp3) is 0.333. The minimum Gasteiger partial charge on any atom is -0.481 e. The summed E-state index contributed by atoms with van der Waals surface area (Å²) in [5.41, 5.74) is 2.18. The van der Waals surface area contributed by atoms with Gasteiger partial charge in [0, 0.05) is 12.4 Å². The lowest BCUT2D eigenvalue weighted by molar-refractivity contribution is -0.137. The molecule has 0 aliphatic heterocycles. The molecule has 0 aliphatic carbocycles. The maximum Gasteiger partial charge on any atom is 0.305 e. The van der Waals surface area contributed by atoms with Gasteiger partial charge in [0.15, 0.2) is 0 Å². The highest BCUT2D eigenvalue weighted by Crippen LogP contribution is 2.25. The molecule has 1 aromatic carbocycles. The van der Waals surface area contributed by atoms with Gasteiger partial charge in [-0.3, -0.25) is 9.59 Å². The van der Waals surface area contributed by atoms with E-state index in [1.807, 2.05) is 24.3 Å². The van der Waals surface area contributed by atoms with E-state index in [4.69, 9.17) is 5.11 Å². The van der Waals surface area contributed by atoms with E-state index >= 15 is 0 Å². The number of carboxylic acid groups (broad SMARTS) is 1. The molecule has 6 nitrogen and oxygen atoms in total. The number of carboxylic acids is 1. The first-order chi connectivity index (χ1) is 11.3. The van der Waals surface area contributed by atoms with E-state index in [1.54, 1.807) is 0 Å². The average Bonchev–Trinajstić information content (AvgIpc) is 2.54. The Bertz CT molecular complexity index is 707. The zero-order valence-electron chi connectivity index (χ0n) is 14.0. The summed E-state index contributed by atoms with van der Waals surface area (Å²) in [6, 6.07) is 7.01. The maximum atomic E-state index is 12.3. The summed E-state index contributed by atoms with van der Waals surface area (Å²) in [6.07, 6.45) is 3.91. The van der Waals surface area contributed by atoms with Crippen LogP contribution in [0.1, 0.15) is 54.7 Å². The molecule has 2 rings (SSSR count). The topological polar surface area (TPSA) is 92.2 Å². The number of carbonyl (C=O) groups is 2. The lowest BCUT2D eigenvalue weighted by atomic mass is 9.86. The number of rotatable bonds is 5. The minimum atomic E-state index is -0.982. The predicted molar refractivity (Wildman–Crippen MR) is 89.6 cm³/mol. The minimum absolute atomic E-state index is 0.00541. The van der Waals surface area contributed by atoms with Crippen molar-refractivity contribution in [2.24, 2.45) is 0 Å². The third kappa shape index (κ3) is 4.62. The van der Waals surface area contributed by atoms with Crippen LogP contribution in [0.15, 0.2) is 43.0 Å². The Balaban J connectivity index is 2.22. The molecule has 0 bridgehead atoms. The molecule has 0 saturated heterocycles. The first-order valence-corrected chi connectivity index (χ1v) is 7.65. The van der Waals surface area contributed by atoms with Crippen molar-refractivity contribution in [1.82, 2.24) is 15.3 Å². The Morgan fingerprint density at radius 1 is 1.12 bits per heavy atom. The molecule has 1 atom stereocenters. The molecule has 0 spiro atoms. The molecule has 1 unspecified atom stereocenters. The predicted octanol–water partition coefficient (Wildman–Crippen LogP) is 2.72. The Labute approximate surface area is 141 Å². The van der Waals surface area contributed by atoms with Crippen molar-refractivity contribution in [2.75, 3.05) is 0 Å². The maximum absolute atomic E-state index is 12.3. The van der Waals surface area contributed by atoms with Crippen LogP contribution in [0.25, 0.3) is 0 Å². The van der Waals surface area contributed by atoms with Gasteiger partial charge < -0.3 is 10.4 Å². The summed E-state index contributed by atoms with van der Waals surface area (Å²) in [5, 5.41) is 11.9. The Hall–Kier alpha value is -2.76. The van der Waals surface area contributed by atoms with Gasteiger partial charge in [0.05, 0.1) is 18.0 Å². The summed E-state index contributed by atoms with van der Waals surface area (Å²) in [6.45, 7) is 6.32. The van der Waals surface area contributed by atoms with Gasteiger partial charge >= 0.3 is 5.97 Å². The number of nitrogens with zero attached hydrogens (tertiary/aromatic N) is 2. The fourth-order valence-corrected chi connectivity index (χ4v) is 2.30. The number of hydrogen-bond acceptors (Lipinski definition) is 4. The van der Waals surface area contributed by atoms with Crippen LogP contribution >= 0.6 is 0 Å². The van der Waals surface area contributed by atoms with Crippen LogP contribution in [0.3, 0.4) is 0 Å². The van der Waals surface area contributed by atoms with E-state index in [-0.39, 0.29) is 11.8 Å². The lowest BCUT2D eigenvalue weighted by Crippen LogP contribution is -2.30. The first-order valence-electron chi connectivity index (χ1n) is 7.65. The zero-order chi connectivity index (χ0) is 17.7. The van der Waals surface area contributed by atoms with Crippen LogP contribution in [0, 0.1) is 0 Å². The van der Waals surface area contributed by atoms with Crippen molar-refractivity contribution in [3.63, 3.8) is 0 Å². The van der Waals surface area contributed by atoms with Crippen LogP contribution in [0.2, 0.25) is 0 Å². The Kier molecular flexibility index (Phi) is 5.28. The SMILES string of the molecule is CC(C)(C)c1ccc(C(CC(=O)O)NC(=O)c2cncnc2)cc1. The highest BCUT2D eigenvalue weighted by molar-refractivity contribution is 5.94. The summed E-state index contributed by atoms with van der Waals surface area (Å²) < 4.78 is 0. The quantitative estimate of drug-likeness (QED) is 0.881. The van der Waals surface area contributed by atoms with Crippen molar-refractivity contribution in [2.45, 2.75) is 38.6 Å². The molecule has 2 N–H and O–H groups in total. The second-order valence-corrected chi connectivity index (χ2v) is 6.62. The van der Waals surface area contributed by atoms with E-state index < -0.39 is 17.9 Å². The van der Waals surface area contributed by atoms with E-state index in [0.717, 1.165) is 11.1 Å². The highest BCUT2D eigenvalue weighted by atomic mass is 16.4. The van der Waals surface area contributed by atoms with E-state index in [9.17, 15) is 9.59 Å². The summed E-state index contributed by atoms with van der Waals surface area (Å²) in [5.74, 6) is -1.38. The Morgan fingerprint density at radius 3 is 2.21 bits per heavy atom. The van der Waals surface area contributed by atoms with Gasteiger partial charge in [-0.2, -0.15) is 0 Å². The van der Waals surface area contributed by atoms with Gasteiger partial charge in [-0.05, 0) is 16.5 Å². The normalized spacial score (nSPS) is 12.5. The second kappa shape index (κ2) is 7.21. The molecule has 126 valence electrons. The van der Waals surface area contributed by atoms with Crippen LogP contribution in [0.4, 0.5) is 0 Å². The standard InChI is InChI=1S/C18H21N3O3/c1-18(2,3)14-6-4-12(5-7-14)15(8-16(22)23)21-17(24)13-9-19-11-20-10-13/h4-7,9-11,15H,8H2,1-3H3,(H,21,24)(H,22,23). The molecular weight excluding hydrogens is 306 g/mol. The van der Waals surface area contributed by atoms with Crippen LogP contribution in [0.5, 0.6) is 0 Å². The largest absolute Gasteiger partial charge is 0.481 e. The van der Waals surface area contributed by atoms with Gasteiger partial charge in [-0.15, -0.1) is 0 Å². The Morgan fingerprint density at radius 2 is 1.71 bits per heavy atom. The summed E-state index contributed by atoms with van der Waals surface area (Å²) in [7, 11) is 0. The zero-order valence-corrected chi connectivity index (χ0v) is 14.0. The van der Waals surface area contributed by atoms with Gasteiger partial charge in [0.1, 0.15) is 6.33 Å². The van der Waals surface area contributed by atoms with Crippen LogP contribution < -0.4 is 5.32 Å². The lowest BCUT2D eigenvalue weighted by Gasteiger charge is -2.21. The van der Waals surface area contributed by atoms with Crippen LogP contribution in [-0.4, -0.2) is 27.0 Å². The van der Waals surface area contributed by atoms with Crippen LogP contribution in [-0.2, 0) is 10.2 Å². The van der Waals surface area contributed by atoms with Gasteiger partial charge in [-0.1, -0.05) is 45.0 Å². The molecule has 1 aromatic heterocycles. The molecule has 24 heavy (non-hydrogen) atoms. The summed E-state index contributed by atoms with van der Waals surface area (Å²) >= 11 is 0.